The first-order chi connectivity index (χ1) is 12.4. The first-order valence-corrected chi connectivity index (χ1v) is 9.09. The van der Waals surface area contributed by atoms with Crippen LogP contribution in [0.1, 0.15) is 23.6 Å². The molecule has 0 saturated carbocycles. The standard InChI is InChI=1S/C20H22BrNO4/c1-13-16(9-6-10-17(13)21)11-18(24)22-19(14(2)23)20(25)26-12-15-7-4-3-5-8-15/h3-10,14,19,23H,11-12H2,1-2H3,(H,22,24)/t14-,19-/m0/s1. The smallest absolute Gasteiger partial charge is 0.331 e. The van der Waals surface area contributed by atoms with Crippen LogP contribution in [0.3, 0.4) is 0 Å². The number of carbonyl (C=O) groups is 2. The van der Waals surface area contributed by atoms with Gasteiger partial charge in [-0.3, -0.25) is 4.79 Å². The highest BCUT2D eigenvalue weighted by Crippen LogP contribution is 2.19. The zero-order valence-corrected chi connectivity index (χ0v) is 16.3. The maximum absolute atomic E-state index is 12.3. The number of amides is 1. The average Bonchev–Trinajstić information content (AvgIpc) is 2.62. The summed E-state index contributed by atoms with van der Waals surface area (Å²) in [5.74, 6) is -1.02. The Balaban J connectivity index is 1.97. The quantitative estimate of drug-likeness (QED) is 0.676. The van der Waals surface area contributed by atoms with Crippen LogP contribution in [0.15, 0.2) is 53.0 Å². The number of hydrogen-bond acceptors (Lipinski definition) is 4. The van der Waals surface area contributed by atoms with E-state index in [0.717, 1.165) is 21.2 Å². The van der Waals surface area contributed by atoms with E-state index in [-0.39, 0.29) is 18.9 Å². The number of nitrogens with one attached hydrogen (secondary N) is 1. The molecule has 0 radical (unpaired) electrons. The summed E-state index contributed by atoms with van der Waals surface area (Å²) in [4.78, 5) is 24.6. The zero-order valence-electron chi connectivity index (χ0n) is 14.7. The van der Waals surface area contributed by atoms with Crippen LogP contribution in [0.5, 0.6) is 0 Å². The minimum atomic E-state index is -1.11. The molecule has 0 heterocycles. The number of esters is 1. The van der Waals surface area contributed by atoms with Crippen LogP contribution in [0.2, 0.25) is 0 Å². The summed E-state index contributed by atoms with van der Waals surface area (Å²) in [6.07, 6.45) is -0.952. The fourth-order valence-electron chi connectivity index (χ4n) is 2.44. The minimum Gasteiger partial charge on any atom is -0.459 e. The number of benzene rings is 2. The monoisotopic (exact) mass is 419 g/mol. The molecule has 26 heavy (non-hydrogen) atoms. The third-order valence-electron chi connectivity index (χ3n) is 4.01. The highest BCUT2D eigenvalue weighted by Gasteiger charge is 2.27. The van der Waals surface area contributed by atoms with Crippen molar-refractivity contribution in [3.63, 3.8) is 0 Å². The molecule has 0 aliphatic carbocycles. The van der Waals surface area contributed by atoms with Gasteiger partial charge >= 0.3 is 5.97 Å². The van der Waals surface area contributed by atoms with E-state index in [2.05, 4.69) is 21.2 Å². The van der Waals surface area contributed by atoms with Crippen molar-refractivity contribution in [2.75, 3.05) is 0 Å². The lowest BCUT2D eigenvalue weighted by Crippen LogP contribution is -2.49. The second-order valence-corrected chi connectivity index (χ2v) is 6.93. The fraction of sp³-hybridized carbons (Fsp3) is 0.300. The molecular formula is C20H22BrNO4. The van der Waals surface area contributed by atoms with Gasteiger partial charge in [0.15, 0.2) is 6.04 Å². The van der Waals surface area contributed by atoms with Crippen LogP contribution in [0, 0.1) is 6.92 Å². The number of hydrogen-bond donors (Lipinski definition) is 2. The lowest BCUT2D eigenvalue weighted by molar-refractivity contribution is -0.152. The Bertz CT molecular complexity index is 762. The Morgan fingerprint density at radius 1 is 1.15 bits per heavy atom. The van der Waals surface area contributed by atoms with Gasteiger partial charge in [-0.15, -0.1) is 0 Å². The summed E-state index contributed by atoms with van der Waals surface area (Å²) in [5, 5.41) is 12.4. The molecule has 138 valence electrons. The van der Waals surface area contributed by atoms with Gasteiger partial charge in [0, 0.05) is 4.47 Å². The number of carbonyl (C=O) groups excluding carboxylic acids is 2. The highest BCUT2D eigenvalue weighted by atomic mass is 79.9. The third-order valence-corrected chi connectivity index (χ3v) is 4.87. The molecule has 2 aromatic carbocycles. The Hall–Kier alpha value is -2.18. The number of ether oxygens (including phenoxy) is 1. The van der Waals surface area contributed by atoms with Crippen LogP contribution in [0.4, 0.5) is 0 Å². The molecule has 2 atom stereocenters. The second kappa shape index (κ2) is 9.50. The van der Waals surface area contributed by atoms with E-state index in [4.69, 9.17) is 4.74 Å². The maximum Gasteiger partial charge on any atom is 0.331 e. The van der Waals surface area contributed by atoms with E-state index in [0.29, 0.717) is 0 Å². The second-order valence-electron chi connectivity index (χ2n) is 6.08. The fourth-order valence-corrected chi connectivity index (χ4v) is 2.84. The molecule has 0 aliphatic heterocycles. The summed E-state index contributed by atoms with van der Waals surface area (Å²) in [5.41, 5.74) is 2.64. The Morgan fingerprint density at radius 3 is 2.50 bits per heavy atom. The lowest BCUT2D eigenvalue weighted by atomic mass is 10.0. The first-order valence-electron chi connectivity index (χ1n) is 8.30. The van der Waals surface area contributed by atoms with Gasteiger partial charge in [0.05, 0.1) is 12.5 Å². The number of rotatable bonds is 7. The van der Waals surface area contributed by atoms with E-state index in [9.17, 15) is 14.7 Å². The molecule has 0 fully saturated rings. The summed E-state index contributed by atoms with van der Waals surface area (Å²) in [6, 6.07) is 13.7. The summed E-state index contributed by atoms with van der Waals surface area (Å²) < 4.78 is 6.14. The van der Waals surface area contributed by atoms with E-state index in [1.807, 2.05) is 55.5 Å². The van der Waals surface area contributed by atoms with Crippen LogP contribution in [-0.2, 0) is 27.4 Å². The van der Waals surface area contributed by atoms with Gasteiger partial charge in [-0.25, -0.2) is 4.79 Å². The Morgan fingerprint density at radius 2 is 1.85 bits per heavy atom. The van der Waals surface area contributed by atoms with Crippen molar-refractivity contribution in [3.8, 4) is 0 Å². The van der Waals surface area contributed by atoms with E-state index >= 15 is 0 Å². The highest BCUT2D eigenvalue weighted by molar-refractivity contribution is 9.10. The normalized spacial score (nSPS) is 12.9. The van der Waals surface area contributed by atoms with Crippen LogP contribution < -0.4 is 5.32 Å². The molecule has 0 aromatic heterocycles. The van der Waals surface area contributed by atoms with Crippen molar-refractivity contribution < 1.29 is 19.4 Å². The predicted molar refractivity (Wildman–Crippen MR) is 102 cm³/mol. The van der Waals surface area contributed by atoms with Gasteiger partial charge in [0.25, 0.3) is 0 Å². The molecule has 5 nitrogen and oxygen atoms in total. The first kappa shape index (κ1) is 20.1. The van der Waals surface area contributed by atoms with Crippen molar-refractivity contribution in [3.05, 3.63) is 69.7 Å². The molecule has 0 aliphatic rings. The van der Waals surface area contributed by atoms with E-state index < -0.39 is 18.1 Å². The van der Waals surface area contributed by atoms with Gasteiger partial charge in [-0.1, -0.05) is 58.4 Å². The van der Waals surface area contributed by atoms with Crippen molar-refractivity contribution in [2.24, 2.45) is 0 Å². The predicted octanol–water partition coefficient (Wildman–Crippen LogP) is 2.91. The van der Waals surface area contributed by atoms with Crippen molar-refractivity contribution in [1.82, 2.24) is 5.32 Å². The van der Waals surface area contributed by atoms with Crippen LogP contribution in [-0.4, -0.2) is 29.1 Å². The molecule has 0 unspecified atom stereocenters. The molecule has 0 spiro atoms. The summed E-state index contributed by atoms with van der Waals surface area (Å²) in [7, 11) is 0. The van der Waals surface area contributed by atoms with E-state index in [1.54, 1.807) is 0 Å². The zero-order chi connectivity index (χ0) is 19.1. The van der Waals surface area contributed by atoms with Gasteiger partial charge in [0.1, 0.15) is 6.61 Å². The number of aliphatic hydroxyl groups is 1. The summed E-state index contributed by atoms with van der Waals surface area (Å²) >= 11 is 3.43. The molecule has 2 N–H and O–H groups in total. The number of halogens is 1. The third kappa shape index (κ3) is 5.68. The topological polar surface area (TPSA) is 75.6 Å². The molecule has 0 saturated heterocycles. The molecule has 0 bridgehead atoms. The molecule has 2 rings (SSSR count). The van der Waals surface area contributed by atoms with Crippen LogP contribution >= 0.6 is 15.9 Å². The lowest BCUT2D eigenvalue weighted by Gasteiger charge is -2.20. The van der Waals surface area contributed by atoms with Crippen molar-refractivity contribution >= 4 is 27.8 Å². The Labute approximate surface area is 161 Å². The SMILES string of the molecule is Cc1c(Br)cccc1CC(=O)N[C@H](C(=O)OCc1ccccc1)[C@H](C)O. The average molecular weight is 420 g/mol. The van der Waals surface area contributed by atoms with Crippen molar-refractivity contribution in [2.45, 2.75) is 39.0 Å². The van der Waals surface area contributed by atoms with Crippen LogP contribution in [0.25, 0.3) is 0 Å². The van der Waals surface area contributed by atoms with Gasteiger partial charge in [0.2, 0.25) is 5.91 Å². The molecule has 6 heteroatoms. The molecular weight excluding hydrogens is 398 g/mol. The molecule has 2 aromatic rings. The molecule has 1 amide bonds. The van der Waals surface area contributed by atoms with Gasteiger partial charge < -0.3 is 15.2 Å². The maximum atomic E-state index is 12.3. The largest absolute Gasteiger partial charge is 0.459 e. The minimum absolute atomic E-state index is 0.0868. The Kier molecular flexibility index (Phi) is 7.36. The number of aliphatic hydroxyl groups excluding tert-OH is 1. The van der Waals surface area contributed by atoms with E-state index in [1.165, 1.54) is 6.92 Å². The van der Waals surface area contributed by atoms with Gasteiger partial charge in [-0.05, 0) is 36.6 Å². The van der Waals surface area contributed by atoms with Crippen molar-refractivity contribution in [1.29, 1.82) is 0 Å². The van der Waals surface area contributed by atoms with Gasteiger partial charge in [-0.2, -0.15) is 0 Å². The summed E-state index contributed by atoms with van der Waals surface area (Å²) in [6.45, 7) is 3.44.